The van der Waals surface area contributed by atoms with E-state index in [-0.39, 0.29) is 22.9 Å². The fourth-order valence-corrected chi connectivity index (χ4v) is 4.23. The van der Waals surface area contributed by atoms with Crippen molar-refractivity contribution in [1.29, 1.82) is 0 Å². The van der Waals surface area contributed by atoms with Crippen molar-refractivity contribution >= 4 is 33.1 Å². The molecule has 5 N–H and O–H groups in total. The fraction of sp³-hybridized carbons (Fsp3) is 0.312. The van der Waals surface area contributed by atoms with Gasteiger partial charge in [0.05, 0.1) is 19.3 Å². The summed E-state index contributed by atoms with van der Waals surface area (Å²) in [5, 5.41) is 13.8. The van der Waals surface area contributed by atoms with E-state index in [9.17, 15) is 13.2 Å². The van der Waals surface area contributed by atoms with Crippen LogP contribution in [-0.4, -0.2) is 34.1 Å². The predicted octanol–water partition coefficient (Wildman–Crippen LogP) is 1.38. The van der Waals surface area contributed by atoms with E-state index < -0.39 is 10.0 Å². The van der Waals surface area contributed by atoms with Crippen LogP contribution in [-0.2, 0) is 21.3 Å². The van der Waals surface area contributed by atoms with Gasteiger partial charge in [0.25, 0.3) is 0 Å². The zero-order chi connectivity index (χ0) is 18.6. The van der Waals surface area contributed by atoms with E-state index in [0.717, 1.165) is 30.0 Å². The molecule has 1 fully saturated rings. The van der Waals surface area contributed by atoms with Crippen LogP contribution in [0.25, 0.3) is 0 Å². The number of nitrogens with two attached hydrogens (primary N) is 1. The maximum atomic E-state index is 12.0. The number of nitrogens with one attached hydrogen (secondary N) is 3. The Balaban J connectivity index is 1.50. The zero-order valence-electron chi connectivity index (χ0n) is 13.9. The lowest BCUT2D eigenvalue weighted by Crippen LogP contribution is -2.33. The second-order valence-electron chi connectivity index (χ2n) is 5.76. The minimum atomic E-state index is -3.71. The number of ether oxygens (including phenoxy) is 1. The molecule has 2 heterocycles. The lowest BCUT2D eigenvalue weighted by atomic mass is 10.1. The molecule has 0 aliphatic carbocycles. The first-order valence-corrected chi connectivity index (χ1v) is 10.4. The molecule has 0 saturated carbocycles. The van der Waals surface area contributed by atoms with Crippen LogP contribution in [0.5, 0.6) is 0 Å². The zero-order valence-corrected chi connectivity index (χ0v) is 15.5. The van der Waals surface area contributed by atoms with Gasteiger partial charge in [-0.15, -0.1) is 11.3 Å². The second-order valence-corrected chi connectivity index (χ2v) is 8.72. The third kappa shape index (κ3) is 5.02. The molecule has 1 aliphatic rings. The average molecular weight is 396 g/mol. The minimum absolute atomic E-state index is 0.0264. The summed E-state index contributed by atoms with van der Waals surface area (Å²) in [6.07, 6.45) is 0.0264. The summed E-state index contributed by atoms with van der Waals surface area (Å²) in [6.45, 7) is 2.53. The molecule has 1 unspecified atom stereocenters. The topological polar surface area (TPSA) is 123 Å². The van der Waals surface area contributed by atoms with Gasteiger partial charge in [0.15, 0.2) is 0 Å². The highest BCUT2D eigenvalue weighted by Crippen LogP contribution is 2.21. The number of sulfonamides is 1. The van der Waals surface area contributed by atoms with E-state index in [1.54, 1.807) is 6.07 Å². The van der Waals surface area contributed by atoms with Crippen LogP contribution in [0.4, 0.5) is 10.5 Å². The monoisotopic (exact) mass is 396 g/mol. The van der Waals surface area contributed by atoms with Crippen molar-refractivity contribution in [2.24, 2.45) is 5.14 Å². The first-order chi connectivity index (χ1) is 12.4. The SMILES string of the molecule is NS(=O)(=O)c1ccc(CNC(=O)Nc2ccc(C3CNCCO3)cc2)s1. The lowest BCUT2D eigenvalue weighted by molar-refractivity contribution is 0.0277. The van der Waals surface area contributed by atoms with Crippen molar-refractivity contribution in [3.8, 4) is 0 Å². The van der Waals surface area contributed by atoms with Crippen LogP contribution in [0.2, 0.25) is 0 Å². The number of carbonyl (C=O) groups is 1. The molecular formula is C16H20N4O4S2. The smallest absolute Gasteiger partial charge is 0.319 e. The van der Waals surface area contributed by atoms with Crippen LogP contribution in [0.3, 0.4) is 0 Å². The van der Waals surface area contributed by atoms with Crippen molar-refractivity contribution < 1.29 is 17.9 Å². The summed E-state index contributed by atoms with van der Waals surface area (Å²) in [4.78, 5) is 12.7. The van der Waals surface area contributed by atoms with Crippen LogP contribution in [0, 0.1) is 0 Å². The Morgan fingerprint density at radius 2 is 2.04 bits per heavy atom. The highest BCUT2D eigenvalue weighted by Gasteiger charge is 2.15. The van der Waals surface area contributed by atoms with Crippen LogP contribution in [0.15, 0.2) is 40.6 Å². The average Bonchev–Trinajstić information content (AvgIpc) is 3.11. The summed E-state index contributed by atoms with van der Waals surface area (Å²) >= 11 is 1.03. The van der Waals surface area contributed by atoms with Crippen LogP contribution in [0.1, 0.15) is 16.5 Å². The van der Waals surface area contributed by atoms with Crippen molar-refractivity contribution in [3.63, 3.8) is 0 Å². The molecule has 8 nitrogen and oxygen atoms in total. The van der Waals surface area contributed by atoms with E-state index in [0.29, 0.717) is 17.2 Å². The third-order valence-electron chi connectivity index (χ3n) is 3.81. The molecule has 1 atom stereocenters. The van der Waals surface area contributed by atoms with Gasteiger partial charge in [-0.25, -0.2) is 18.4 Å². The molecule has 2 amide bonds. The maximum absolute atomic E-state index is 12.0. The fourth-order valence-electron chi connectivity index (χ4n) is 2.51. The van der Waals surface area contributed by atoms with Crippen molar-refractivity contribution in [2.45, 2.75) is 16.9 Å². The molecular weight excluding hydrogens is 376 g/mol. The number of hydrogen-bond acceptors (Lipinski definition) is 6. The normalized spacial score (nSPS) is 17.7. The van der Waals surface area contributed by atoms with E-state index >= 15 is 0 Å². The minimum Gasteiger partial charge on any atom is -0.371 e. The second kappa shape index (κ2) is 8.14. The summed E-state index contributed by atoms with van der Waals surface area (Å²) in [6, 6.07) is 10.1. The first kappa shape index (κ1) is 18.8. The van der Waals surface area contributed by atoms with Crippen molar-refractivity contribution in [2.75, 3.05) is 25.0 Å². The van der Waals surface area contributed by atoms with Crippen molar-refractivity contribution in [1.82, 2.24) is 10.6 Å². The molecule has 2 aromatic rings. The van der Waals surface area contributed by atoms with E-state index in [1.807, 2.05) is 24.3 Å². The van der Waals surface area contributed by atoms with Gasteiger partial charge in [-0.1, -0.05) is 12.1 Å². The third-order valence-corrected chi connectivity index (χ3v) is 6.33. The Hall–Kier alpha value is -1.98. The molecule has 1 aromatic heterocycles. The number of thiophene rings is 1. The molecule has 1 aliphatic heterocycles. The number of morpholine rings is 1. The number of rotatable bonds is 5. The predicted molar refractivity (Wildman–Crippen MR) is 99.6 cm³/mol. The van der Waals surface area contributed by atoms with Gasteiger partial charge < -0.3 is 20.7 Å². The first-order valence-electron chi connectivity index (χ1n) is 8.00. The Kier molecular flexibility index (Phi) is 5.89. The van der Waals surface area contributed by atoms with Crippen LogP contribution >= 0.6 is 11.3 Å². The molecule has 1 aromatic carbocycles. The largest absolute Gasteiger partial charge is 0.371 e. The van der Waals surface area contributed by atoms with Gasteiger partial charge in [-0.05, 0) is 29.8 Å². The molecule has 0 radical (unpaired) electrons. The number of urea groups is 1. The summed E-state index contributed by atoms with van der Waals surface area (Å²) in [5.74, 6) is 0. The van der Waals surface area contributed by atoms with Gasteiger partial charge in [0.1, 0.15) is 4.21 Å². The molecule has 0 spiro atoms. The molecule has 26 heavy (non-hydrogen) atoms. The van der Waals surface area contributed by atoms with Gasteiger partial charge in [-0.2, -0.15) is 0 Å². The Bertz CT molecular complexity index is 859. The van der Waals surface area contributed by atoms with E-state index in [2.05, 4.69) is 16.0 Å². The van der Waals surface area contributed by atoms with Gasteiger partial charge in [-0.3, -0.25) is 0 Å². The number of anilines is 1. The van der Waals surface area contributed by atoms with Crippen LogP contribution < -0.4 is 21.1 Å². The Morgan fingerprint density at radius 3 is 2.65 bits per heavy atom. The number of primary sulfonamides is 1. The summed E-state index contributed by atoms with van der Waals surface area (Å²) in [5.41, 5.74) is 1.71. The highest BCUT2D eigenvalue weighted by molar-refractivity contribution is 7.91. The number of benzene rings is 1. The number of carbonyl (C=O) groups excluding carboxylic acids is 1. The summed E-state index contributed by atoms with van der Waals surface area (Å²) in [7, 11) is -3.71. The number of hydrogen-bond donors (Lipinski definition) is 4. The standard InChI is InChI=1S/C16H20N4O4S2/c17-26(22,23)15-6-5-13(25-15)9-19-16(21)20-12-3-1-11(2-4-12)14-10-18-7-8-24-14/h1-6,14,18H,7-10H2,(H2,17,22,23)(H2,19,20,21). The Labute approximate surface area is 155 Å². The van der Waals surface area contributed by atoms with Crippen molar-refractivity contribution in [3.05, 3.63) is 46.8 Å². The summed E-state index contributed by atoms with van der Waals surface area (Å²) < 4.78 is 28.2. The maximum Gasteiger partial charge on any atom is 0.319 e. The quantitative estimate of drug-likeness (QED) is 0.608. The molecule has 3 rings (SSSR count). The Morgan fingerprint density at radius 1 is 1.27 bits per heavy atom. The lowest BCUT2D eigenvalue weighted by Gasteiger charge is -2.24. The van der Waals surface area contributed by atoms with Gasteiger partial charge in [0, 0.05) is 23.7 Å². The molecule has 140 valence electrons. The van der Waals surface area contributed by atoms with Gasteiger partial charge >= 0.3 is 6.03 Å². The van der Waals surface area contributed by atoms with E-state index in [4.69, 9.17) is 9.88 Å². The molecule has 10 heteroatoms. The molecule has 0 bridgehead atoms. The highest BCUT2D eigenvalue weighted by atomic mass is 32.2. The van der Waals surface area contributed by atoms with E-state index in [1.165, 1.54) is 6.07 Å². The molecule has 1 saturated heterocycles. The van der Waals surface area contributed by atoms with Gasteiger partial charge in [0.2, 0.25) is 10.0 Å². The number of amides is 2.